The summed E-state index contributed by atoms with van der Waals surface area (Å²) in [4.78, 5) is 12.4. The van der Waals surface area contributed by atoms with E-state index >= 15 is 0 Å². The summed E-state index contributed by atoms with van der Waals surface area (Å²) in [6.45, 7) is 0.414. The molecular weight excluding hydrogens is 336 g/mol. The summed E-state index contributed by atoms with van der Waals surface area (Å²) in [7, 11) is -1.63. The molecule has 0 aliphatic carbocycles. The van der Waals surface area contributed by atoms with Crippen LogP contribution in [0.5, 0.6) is 0 Å². The van der Waals surface area contributed by atoms with Gasteiger partial charge in [-0.05, 0) is 23.4 Å². The lowest BCUT2D eigenvalue weighted by Gasteiger charge is -2.39. The van der Waals surface area contributed by atoms with Crippen LogP contribution in [0.2, 0.25) is 0 Å². The van der Waals surface area contributed by atoms with Gasteiger partial charge in [0.05, 0.1) is 18.4 Å². The van der Waals surface area contributed by atoms with Gasteiger partial charge in [-0.1, -0.05) is 48.5 Å². The molecule has 2 heterocycles. The van der Waals surface area contributed by atoms with Crippen LogP contribution in [0, 0.1) is 0 Å². The van der Waals surface area contributed by atoms with Crippen molar-refractivity contribution in [3.8, 4) is 0 Å². The van der Waals surface area contributed by atoms with Crippen molar-refractivity contribution >= 4 is 20.4 Å². The van der Waals surface area contributed by atoms with Crippen LogP contribution in [0.15, 0.2) is 73.0 Å². The Morgan fingerprint density at radius 2 is 1.76 bits per heavy atom. The molecule has 1 fully saturated rings. The number of ether oxygens (including phenoxy) is 2. The van der Waals surface area contributed by atoms with Gasteiger partial charge < -0.3 is 18.3 Å². The van der Waals surface area contributed by atoms with E-state index in [1.165, 1.54) is 0 Å². The van der Waals surface area contributed by atoms with E-state index in [9.17, 15) is 4.79 Å². The minimum absolute atomic E-state index is 0.281. The molecule has 0 amide bonds. The van der Waals surface area contributed by atoms with E-state index in [0.29, 0.717) is 12.2 Å². The van der Waals surface area contributed by atoms with E-state index in [1.807, 2.05) is 36.4 Å². The van der Waals surface area contributed by atoms with Gasteiger partial charge in [-0.15, -0.1) is 0 Å². The second kappa shape index (κ2) is 7.22. The van der Waals surface area contributed by atoms with Gasteiger partial charge in [-0.3, -0.25) is 0 Å². The molecule has 25 heavy (non-hydrogen) atoms. The SMILES string of the molecule is O=C(O[C@@H]1C=CO[C@@H]2CO[Si](c3ccccc3)O[C@@H]12)c1ccccc1. The largest absolute Gasteiger partial charge is 0.493 e. The predicted molar refractivity (Wildman–Crippen MR) is 92.3 cm³/mol. The number of hydrogen-bond donors (Lipinski definition) is 0. The molecule has 3 atom stereocenters. The molecule has 1 radical (unpaired) electrons. The number of fused-ring (bicyclic) bond motifs is 1. The van der Waals surface area contributed by atoms with Gasteiger partial charge in [0.25, 0.3) is 0 Å². The van der Waals surface area contributed by atoms with Gasteiger partial charge in [0.1, 0.15) is 12.2 Å². The van der Waals surface area contributed by atoms with Crippen molar-refractivity contribution < 1.29 is 23.1 Å². The molecule has 0 aromatic heterocycles. The third kappa shape index (κ3) is 3.51. The topological polar surface area (TPSA) is 54.0 Å². The highest BCUT2D eigenvalue weighted by Crippen LogP contribution is 2.24. The lowest BCUT2D eigenvalue weighted by molar-refractivity contribution is -0.106. The van der Waals surface area contributed by atoms with Crippen LogP contribution in [-0.4, -0.2) is 40.2 Å². The summed E-state index contributed by atoms with van der Waals surface area (Å²) in [5.74, 6) is -0.375. The molecule has 0 bridgehead atoms. The van der Waals surface area contributed by atoms with Crippen LogP contribution >= 0.6 is 0 Å². The number of esters is 1. The molecule has 2 aromatic rings. The van der Waals surface area contributed by atoms with E-state index < -0.39 is 15.4 Å². The highest BCUT2D eigenvalue weighted by atomic mass is 28.3. The van der Waals surface area contributed by atoms with Crippen molar-refractivity contribution in [2.24, 2.45) is 0 Å². The molecule has 0 N–H and O–H groups in total. The highest BCUT2D eigenvalue weighted by molar-refractivity contribution is 6.61. The molecule has 2 aliphatic heterocycles. The van der Waals surface area contributed by atoms with E-state index in [4.69, 9.17) is 18.3 Å². The standard InChI is InChI=1S/C19H17O5Si/c20-19(14-7-3-1-4-8-14)23-16-11-12-21-17-13-22-25(24-18(16)17)15-9-5-2-6-10-15/h1-12,16-18H,13H2/t16-,17-,18+/m1/s1. The summed E-state index contributed by atoms with van der Waals surface area (Å²) in [6.07, 6.45) is 2.12. The number of carbonyl (C=O) groups is 1. The molecule has 0 unspecified atom stereocenters. The summed E-state index contributed by atoms with van der Waals surface area (Å²) in [6, 6.07) is 18.8. The lowest BCUT2D eigenvalue weighted by Crippen LogP contribution is -2.57. The van der Waals surface area contributed by atoms with Crippen molar-refractivity contribution in [2.45, 2.75) is 18.3 Å². The van der Waals surface area contributed by atoms with Crippen LogP contribution in [0.4, 0.5) is 0 Å². The fraction of sp³-hybridized carbons (Fsp3) is 0.211. The molecule has 5 nitrogen and oxygen atoms in total. The second-order valence-corrected chi connectivity index (χ2v) is 7.46. The number of carbonyl (C=O) groups excluding carboxylic acids is 1. The maximum absolute atomic E-state index is 12.4. The van der Waals surface area contributed by atoms with Crippen LogP contribution in [0.3, 0.4) is 0 Å². The Labute approximate surface area is 147 Å². The molecule has 4 rings (SSSR count). The normalized spacial score (nSPS) is 25.7. The lowest BCUT2D eigenvalue weighted by atomic mass is 10.1. The highest BCUT2D eigenvalue weighted by Gasteiger charge is 2.43. The molecule has 0 saturated carbocycles. The van der Waals surface area contributed by atoms with Crippen LogP contribution in [0.1, 0.15) is 10.4 Å². The minimum atomic E-state index is -1.63. The average molecular weight is 353 g/mol. The Bertz CT molecular complexity index is 749. The number of benzene rings is 2. The molecule has 2 aromatic carbocycles. The smallest absolute Gasteiger partial charge is 0.424 e. The van der Waals surface area contributed by atoms with Gasteiger partial charge in [-0.2, -0.15) is 0 Å². The quantitative estimate of drug-likeness (QED) is 0.623. The van der Waals surface area contributed by atoms with Crippen molar-refractivity contribution in [2.75, 3.05) is 6.61 Å². The maximum Gasteiger partial charge on any atom is 0.424 e. The van der Waals surface area contributed by atoms with E-state index in [1.54, 1.807) is 36.6 Å². The van der Waals surface area contributed by atoms with Gasteiger partial charge in [0.2, 0.25) is 0 Å². The first-order chi connectivity index (χ1) is 12.3. The van der Waals surface area contributed by atoms with E-state index in [0.717, 1.165) is 5.19 Å². The number of hydrogen-bond acceptors (Lipinski definition) is 5. The van der Waals surface area contributed by atoms with Crippen molar-refractivity contribution in [3.05, 3.63) is 78.6 Å². The fourth-order valence-electron chi connectivity index (χ4n) is 2.81. The minimum Gasteiger partial charge on any atom is -0.493 e. The van der Waals surface area contributed by atoms with Crippen molar-refractivity contribution in [1.29, 1.82) is 0 Å². The molecule has 2 aliphatic rings. The molecule has 1 saturated heterocycles. The summed E-state index contributed by atoms with van der Waals surface area (Å²) in [5.41, 5.74) is 0.514. The Morgan fingerprint density at radius 1 is 1.04 bits per heavy atom. The van der Waals surface area contributed by atoms with Gasteiger partial charge in [0.15, 0.2) is 6.10 Å². The Hall–Kier alpha value is -2.41. The summed E-state index contributed by atoms with van der Waals surface area (Å²) >= 11 is 0. The Kier molecular flexibility index (Phi) is 4.65. The zero-order valence-corrected chi connectivity index (χ0v) is 14.4. The predicted octanol–water partition coefficient (Wildman–Crippen LogP) is 1.94. The van der Waals surface area contributed by atoms with Gasteiger partial charge in [0, 0.05) is 0 Å². The average Bonchev–Trinajstić information content (AvgIpc) is 2.69. The molecular formula is C19H17O5Si. The molecule has 0 spiro atoms. The van der Waals surface area contributed by atoms with E-state index in [2.05, 4.69) is 0 Å². The van der Waals surface area contributed by atoms with E-state index in [-0.39, 0.29) is 18.2 Å². The van der Waals surface area contributed by atoms with Crippen LogP contribution in [0.25, 0.3) is 0 Å². The first-order valence-corrected chi connectivity index (χ1v) is 9.43. The summed E-state index contributed by atoms with van der Waals surface area (Å²) in [5, 5.41) is 1.02. The summed E-state index contributed by atoms with van der Waals surface area (Å²) < 4.78 is 23.2. The van der Waals surface area contributed by atoms with Gasteiger partial charge >= 0.3 is 15.3 Å². The third-order valence-electron chi connectivity index (χ3n) is 4.10. The van der Waals surface area contributed by atoms with Crippen molar-refractivity contribution in [1.82, 2.24) is 0 Å². The Balaban J connectivity index is 1.49. The Morgan fingerprint density at radius 3 is 2.52 bits per heavy atom. The third-order valence-corrected chi connectivity index (χ3v) is 5.82. The van der Waals surface area contributed by atoms with Crippen LogP contribution in [-0.2, 0) is 18.3 Å². The molecule has 6 heteroatoms. The fourth-order valence-corrected chi connectivity index (χ4v) is 4.50. The zero-order valence-electron chi connectivity index (χ0n) is 13.4. The molecule has 127 valence electrons. The second-order valence-electron chi connectivity index (χ2n) is 5.79. The van der Waals surface area contributed by atoms with Crippen molar-refractivity contribution in [3.63, 3.8) is 0 Å². The van der Waals surface area contributed by atoms with Gasteiger partial charge in [-0.25, -0.2) is 4.79 Å². The zero-order chi connectivity index (χ0) is 17.1. The number of rotatable bonds is 3. The first-order valence-electron chi connectivity index (χ1n) is 8.11. The monoisotopic (exact) mass is 353 g/mol. The van der Waals surface area contributed by atoms with Crippen LogP contribution < -0.4 is 5.19 Å². The maximum atomic E-state index is 12.4. The first kappa shape index (κ1) is 16.1.